The molecule has 0 aliphatic carbocycles. The van der Waals surface area contributed by atoms with Crippen LogP contribution in [0, 0.1) is 0 Å². The molecule has 0 saturated carbocycles. The highest BCUT2D eigenvalue weighted by Crippen LogP contribution is 2.26. The Morgan fingerprint density at radius 3 is 2.30 bits per heavy atom. The summed E-state index contributed by atoms with van der Waals surface area (Å²) in [5.41, 5.74) is 9.30. The first-order chi connectivity index (χ1) is 9.41. The summed E-state index contributed by atoms with van der Waals surface area (Å²) in [6.07, 6.45) is 2.29. The largest absolute Gasteiger partial charge is 0.383 e. The van der Waals surface area contributed by atoms with Gasteiger partial charge in [-0.15, -0.1) is 0 Å². The van der Waals surface area contributed by atoms with E-state index in [0.717, 1.165) is 23.5 Å². The van der Waals surface area contributed by atoms with Crippen molar-refractivity contribution in [3.63, 3.8) is 0 Å². The van der Waals surface area contributed by atoms with Crippen LogP contribution in [0.3, 0.4) is 0 Å². The number of rotatable bonds is 3. The quantitative estimate of drug-likeness (QED) is 0.893. The molecule has 4 heteroatoms. The molecular formula is C16H22N4. The number of nitrogen functional groups attached to an aromatic ring is 1. The highest BCUT2D eigenvalue weighted by molar-refractivity contribution is 5.63. The molecule has 0 fully saturated rings. The molecule has 0 aliphatic rings. The van der Waals surface area contributed by atoms with Crippen LogP contribution in [0.15, 0.2) is 30.6 Å². The van der Waals surface area contributed by atoms with E-state index in [0.29, 0.717) is 5.82 Å². The second-order valence-corrected chi connectivity index (χ2v) is 5.89. The van der Waals surface area contributed by atoms with Crippen molar-refractivity contribution in [2.24, 2.45) is 0 Å². The van der Waals surface area contributed by atoms with Crippen molar-refractivity contribution in [2.75, 3.05) is 11.1 Å². The third-order valence-electron chi connectivity index (χ3n) is 3.35. The lowest BCUT2D eigenvalue weighted by atomic mass is 9.87. The molecule has 0 saturated heterocycles. The smallest absolute Gasteiger partial charge is 0.139 e. The van der Waals surface area contributed by atoms with Gasteiger partial charge in [0.05, 0.1) is 0 Å². The fourth-order valence-corrected chi connectivity index (χ4v) is 2.07. The number of nitrogens with zero attached hydrogens (tertiary/aromatic N) is 2. The summed E-state index contributed by atoms with van der Waals surface area (Å²) < 4.78 is 0. The molecule has 20 heavy (non-hydrogen) atoms. The monoisotopic (exact) mass is 270 g/mol. The summed E-state index contributed by atoms with van der Waals surface area (Å²) in [5.74, 6) is 1.32. The first-order valence-corrected chi connectivity index (χ1v) is 6.88. The summed E-state index contributed by atoms with van der Waals surface area (Å²) >= 11 is 0. The van der Waals surface area contributed by atoms with Gasteiger partial charge >= 0.3 is 0 Å². The summed E-state index contributed by atoms with van der Waals surface area (Å²) in [6.45, 7) is 8.66. The molecule has 2 rings (SSSR count). The highest BCUT2D eigenvalue weighted by atomic mass is 15.0. The average Bonchev–Trinajstić information content (AvgIpc) is 2.38. The van der Waals surface area contributed by atoms with Gasteiger partial charge in [0, 0.05) is 11.3 Å². The lowest BCUT2D eigenvalue weighted by Gasteiger charge is -2.19. The van der Waals surface area contributed by atoms with E-state index in [1.54, 1.807) is 0 Å². The van der Waals surface area contributed by atoms with Gasteiger partial charge in [0.2, 0.25) is 0 Å². The molecule has 3 N–H and O–H groups in total. The Morgan fingerprint density at radius 2 is 1.75 bits per heavy atom. The average molecular weight is 270 g/mol. The fraction of sp³-hybridized carbons (Fsp3) is 0.375. The van der Waals surface area contributed by atoms with Gasteiger partial charge in [-0.2, -0.15) is 0 Å². The van der Waals surface area contributed by atoms with E-state index in [2.05, 4.69) is 60.3 Å². The van der Waals surface area contributed by atoms with Gasteiger partial charge in [-0.25, -0.2) is 9.97 Å². The molecule has 0 spiro atoms. The van der Waals surface area contributed by atoms with Crippen LogP contribution in [0.1, 0.15) is 38.8 Å². The third kappa shape index (κ3) is 3.07. The zero-order valence-corrected chi connectivity index (χ0v) is 12.6. The van der Waals surface area contributed by atoms with Crippen molar-refractivity contribution >= 4 is 17.3 Å². The summed E-state index contributed by atoms with van der Waals surface area (Å²) in [7, 11) is 0. The van der Waals surface area contributed by atoms with E-state index in [9.17, 15) is 0 Å². The first kappa shape index (κ1) is 14.3. The van der Waals surface area contributed by atoms with E-state index >= 15 is 0 Å². The Bertz CT molecular complexity index is 582. The standard InChI is InChI=1S/C16H22N4/c1-5-13-14(17)18-10-19-15(13)20-12-8-6-11(7-9-12)16(2,3)4/h6-10H,5H2,1-4H3,(H3,17,18,19,20). The van der Waals surface area contributed by atoms with Crippen molar-refractivity contribution in [3.8, 4) is 0 Å². The molecule has 2 aromatic rings. The van der Waals surface area contributed by atoms with E-state index < -0.39 is 0 Å². The number of nitrogens with one attached hydrogen (secondary N) is 1. The molecule has 1 aromatic carbocycles. The molecule has 0 atom stereocenters. The number of hydrogen-bond acceptors (Lipinski definition) is 4. The molecule has 0 bridgehead atoms. The predicted octanol–water partition coefficient (Wildman–Crippen LogP) is 3.66. The van der Waals surface area contributed by atoms with Crippen LogP contribution in [-0.4, -0.2) is 9.97 Å². The number of benzene rings is 1. The van der Waals surface area contributed by atoms with Gasteiger partial charge in [-0.1, -0.05) is 39.8 Å². The van der Waals surface area contributed by atoms with Crippen LogP contribution in [0.2, 0.25) is 0 Å². The molecule has 0 amide bonds. The second kappa shape index (κ2) is 5.49. The normalized spacial score (nSPS) is 11.4. The van der Waals surface area contributed by atoms with Gasteiger partial charge in [0.25, 0.3) is 0 Å². The van der Waals surface area contributed by atoms with Crippen molar-refractivity contribution in [3.05, 3.63) is 41.7 Å². The molecule has 0 aliphatic heterocycles. The lowest BCUT2D eigenvalue weighted by Crippen LogP contribution is -2.10. The van der Waals surface area contributed by atoms with Crippen molar-refractivity contribution in [1.29, 1.82) is 0 Å². The van der Waals surface area contributed by atoms with Gasteiger partial charge in [-0.05, 0) is 29.5 Å². The minimum absolute atomic E-state index is 0.159. The second-order valence-electron chi connectivity index (χ2n) is 5.89. The van der Waals surface area contributed by atoms with E-state index in [4.69, 9.17) is 5.73 Å². The Kier molecular flexibility index (Phi) is 3.93. The molecular weight excluding hydrogens is 248 g/mol. The molecule has 4 nitrogen and oxygen atoms in total. The topological polar surface area (TPSA) is 63.8 Å². The molecule has 0 radical (unpaired) electrons. The van der Waals surface area contributed by atoms with Crippen molar-refractivity contribution < 1.29 is 0 Å². The number of hydrogen-bond donors (Lipinski definition) is 2. The Balaban J connectivity index is 2.25. The minimum Gasteiger partial charge on any atom is -0.383 e. The fourth-order valence-electron chi connectivity index (χ4n) is 2.07. The number of aromatic nitrogens is 2. The van der Waals surface area contributed by atoms with Crippen LogP contribution >= 0.6 is 0 Å². The maximum Gasteiger partial charge on any atom is 0.139 e. The van der Waals surface area contributed by atoms with Crippen LogP contribution in [0.4, 0.5) is 17.3 Å². The predicted molar refractivity (Wildman–Crippen MR) is 84.2 cm³/mol. The van der Waals surface area contributed by atoms with E-state index in [1.165, 1.54) is 11.9 Å². The Morgan fingerprint density at radius 1 is 1.10 bits per heavy atom. The zero-order chi connectivity index (χ0) is 14.8. The first-order valence-electron chi connectivity index (χ1n) is 6.88. The minimum atomic E-state index is 0.159. The van der Waals surface area contributed by atoms with Crippen molar-refractivity contribution in [2.45, 2.75) is 39.5 Å². The van der Waals surface area contributed by atoms with Gasteiger partial charge < -0.3 is 11.1 Å². The van der Waals surface area contributed by atoms with Crippen LogP contribution < -0.4 is 11.1 Å². The lowest BCUT2D eigenvalue weighted by molar-refractivity contribution is 0.590. The maximum absolute atomic E-state index is 5.88. The molecule has 0 unspecified atom stereocenters. The Labute approximate surface area is 120 Å². The van der Waals surface area contributed by atoms with Crippen LogP contribution in [0.5, 0.6) is 0 Å². The SMILES string of the molecule is CCc1c(N)ncnc1Nc1ccc(C(C)(C)C)cc1. The third-order valence-corrected chi connectivity index (χ3v) is 3.35. The van der Waals surface area contributed by atoms with Crippen molar-refractivity contribution in [1.82, 2.24) is 9.97 Å². The van der Waals surface area contributed by atoms with Crippen LogP contribution in [-0.2, 0) is 11.8 Å². The molecule has 1 heterocycles. The Hall–Kier alpha value is -2.10. The summed E-state index contributed by atoms with van der Waals surface area (Å²) in [5, 5.41) is 3.31. The van der Waals surface area contributed by atoms with Gasteiger partial charge in [0.15, 0.2) is 0 Å². The number of nitrogens with two attached hydrogens (primary N) is 1. The highest BCUT2D eigenvalue weighted by Gasteiger charge is 2.13. The maximum atomic E-state index is 5.88. The number of anilines is 3. The molecule has 106 valence electrons. The molecule has 1 aromatic heterocycles. The summed E-state index contributed by atoms with van der Waals surface area (Å²) in [4.78, 5) is 8.30. The zero-order valence-electron chi connectivity index (χ0n) is 12.6. The van der Waals surface area contributed by atoms with E-state index in [1.807, 2.05) is 6.92 Å². The summed E-state index contributed by atoms with van der Waals surface area (Å²) in [6, 6.07) is 8.41. The van der Waals surface area contributed by atoms with Crippen LogP contribution in [0.25, 0.3) is 0 Å². The van der Waals surface area contributed by atoms with Gasteiger partial charge in [0.1, 0.15) is 18.0 Å². The van der Waals surface area contributed by atoms with Gasteiger partial charge in [-0.3, -0.25) is 0 Å². The van der Waals surface area contributed by atoms with E-state index in [-0.39, 0.29) is 5.41 Å².